The van der Waals surface area contributed by atoms with Gasteiger partial charge in [0.05, 0.1) is 6.20 Å². The third kappa shape index (κ3) is 2.51. The number of piperazine rings is 1. The van der Waals surface area contributed by atoms with Crippen molar-refractivity contribution in [3.63, 3.8) is 0 Å². The molecule has 0 aromatic carbocycles. The first-order valence-electron chi connectivity index (χ1n) is 5.27. The average molecular weight is 312 g/mol. The first-order valence-corrected chi connectivity index (χ1v) is 6.06. The SMILES string of the molecule is N#Cc1nc(Br)cnc1N1CCN(C(=O)O)CC1. The molecule has 1 aliphatic heterocycles. The highest BCUT2D eigenvalue weighted by Crippen LogP contribution is 2.19. The number of nitriles is 1. The summed E-state index contributed by atoms with van der Waals surface area (Å²) in [6.45, 7) is 1.82. The maximum absolute atomic E-state index is 10.8. The molecule has 1 N–H and O–H groups in total. The number of anilines is 1. The van der Waals surface area contributed by atoms with Crippen molar-refractivity contribution < 1.29 is 9.90 Å². The van der Waals surface area contributed by atoms with Gasteiger partial charge in [-0.1, -0.05) is 0 Å². The molecule has 1 aliphatic rings. The van der Waals surface area contributed by atoms with Gasteiger partial charge in [0.15, 0.2) is 11.5 Å². The molecule has 0 bridgehead atoms. The number of carbonyl (C=O) groups is 1. The molecule has 0 saturated carbocycles. The van der Waals surface area contributed by atoms with Gasteiger partial charge < -0.3 is 14.9 Å². The van der Waals surface area contributed by atoms with Crippen molar-refractivity contribution in [2.45, 2.75) is 0 Å². The van der Waals surface area contributed by atoms with Crippen LogP contribution in [-0.4, -0.2) is 52.2 Å². The van der Waals surface area contributed by atoms with E-state index in [2.05, 4.69) is 25.9 Å². The van der Waals surface area contributed by atoms with Crippen molar-refractivity contribution in [3.8, 4) is 6.07 Å². The molecule has 94 valence electrons. The number of hydrogen-bond acceptors (Lipinski definition) is 5. The molecule has 0 unspecified atom stereocenters. The van der Waals surface area contributed by atoms with Gasteiger partial charge in [-0.3, -0.25) is 0 Å². The van der Waals surface area contributed by atoms with Gasteiger partial charge in [0, 0.05) is 26.2 Å². The fraction of sp³-hybridized carbons (Fsp3) is 0.400. The van der Waals surface area contributed by atoms with Gasteiger partial charge in [0.1, 0.15) is 10.7 Å². The van der Waals surface area contributed by atoms with Crippen molar-refractivity contribution in [2.24, 2.45) is 0 Å². The van der Waals surface area contributed by atoms with Gasteiger partial charge in [-0.25, -0.2) is 14.8 Å². The Morgan fingerprint density at radius 3 is 2.67 bits per heavy atom. The molecule has 2 rings (SSSR count). The largest absolute Gasteiger partial charge is 0.465 e. The topological polar surface area (TPSA) is 93.4 Å². The summed E-state index contributed by atoms with van der Waals surface area (Å²) >= 11 is 3.16. The van der Waals surface area contributed by atoms with Crippen LogP contribution in [-0.2, 0) is 0 Å². The standard InChI is InChI=1S/C10H10BrN5O2/c11-8-6-13-9(7(5-12)14-8)15-1-3-16(4-2-15)10(17)18/h6H,1-4H2,(H,17,18). The molecule has 7 nitrogen and oxygen atoms in total. The van der Waals surface area contributed by atoms with Crippen LogP contribution < -0.4 is 4.90 Å². The molecule has 1 fully saturated rings. The number of halogens is 1. The minimum atomic E-state index is -0.919. The van der Waals surface area contributed by atoms with Crippen molar-refractivity contribution in [3.05, 3.63) is 16.5 Å². The van der Waals surface area contributed by atoms with Gasteiger partial charge in [-0.2, -0.15) is 5.26 Å². The van der Waals surface area contributed by atoms with Crippen LogP contribution in [0.25, 0.3) is 0 Å². The van der Waals surface area contributed by atoms with E-state index in [0.29, 0.717) is 36.6 Å². The molecule has 8 heteroatoms. The summed E-state index contributed by atoms with van der Waals surface area (Å²) in [7, 11) is 0. The second kappa shape index (κ2) is 5.18. The molecule has 0 atom stereocenters. The van der Waals surface area contributed by atoms with Gasteiger partial charge >= 0.3 is 6.09 Å². The Morgan fingerprint density at radius 1 is 1.44 bits per heavy atom. The Labute approximate surface area is 112 Å². The Balaban J connectivity index is 2.15. The molecular weight excluding hydrogens is 302 g/mol. The lowest BCUT2D eigenvalue weighted by molar-refractivity contribution is 0.142. The molecular formula is C10H10BrN5O2. The van der Waals surface area contributed by atoms with Crippen molar-refractivity contribution in [1.29, 1.82) is 5.26 Å². The summed E-state index contributed by atoms with van der Waals surface area (Å²) in [4.78, 5) is 22.2. The van der Waals surface area contributed by atoms with E-state index in [0.717, 1.165) is 0 Å². The van der Waals surface area contributed by atoms with E-state index >= 15 is 0 Å². The van der Waals surface area contributed by atoms with Crippen LogP contribution in [0.5, 0.6) is 0 Å². The van der Waals surface area contributed by atoms with Crippen LogP contribution in [0, 0.1) is 11.3 Å². The van der Waals surface area contributed by atoms with E-state index in [1.165, 1.54) is 11.1 Å². The zero-order valence-corrected chi connectivity index (χ0v) is 11.0. The highest BCUT2D eigenvalue weighted by atomic mass is 79.9. The predicted molar refractivity (Wildman–Crippen MR) is 66.3 cm³/mol. The molecule has 1 saturated heterocycles. The van der Waals surface area contributed by atoms with E-state index in [1.807, 2.05) is 11.0 Å². The second-order valence-corrected chi connectivity index (χ2v) is 4.55. The predicted octanol–water partition coefficient (Wildman–Crippen LogP) is 0.911. The van der Waals surface area contributed by atoms with E-state index < -0.39 is 6.09 Å². The van der Waals surface area contributed by atoms with Gasteiger partial charge in [0.2, 0.25) is 0 Å². The van der Waals surface area contributed by atoms with Gasteiger partial charge in [0.25, 0.3) is 0 Å². The minimum absolute atomic E-state index is 0.244. The quantitative estimate of drug-likeness (QED) is 0.828. The molecule has 18 heavy (non-hydrogen) atoms. The van der Waals surface area contributed by atoms with Crippen LogP contribution in [0.1, 0.15) is 5.69 Å². The third-order valence-corrected chi connectivity index (χ3v) is 3.06. The Kier molecular flexibility index (Phi) is 3.62. The first-order chi connectivity index (χ1) is 8.61. The molecule has 2 heterocycles. The lowest BCUT2D eigenvalue weighted by Crippen LogP contribution is -2.48. The van der Waals surface area contributed by atoms with Gasteiger partial charge in [-0.15, -0.1) is 0 Å². The van der Waals surface area contributed by atoms with Crippen LogP contribution in [0.4, 0.5) is 10.6 Å². The summed E-state index contributed by atoms with van der Waals surface area (Å²) in [6, 6.07) is 1.99. The summed E-state index contributed by atoms with van der Waals surface area (Å²) in [6.07, 6.45) is 0.608. The molecule has 1 aromatic rings. The van der Waals surface area contributed by atoms with E-state index in [1.54, 1.807) is 0 Å². The number of nitrogens with zero attached hydrogens (tertiary/aromatic N) is 5. The zero-order valence-electron chi connectivity index (χ0n) is 9.38. The summed E-state index contributed by atoms with van der Waals surface area (Å²) < 4.78 is 0.506. The average Bonchev–Trinajstić information content (AvgIpc) is 2.38. The smallest absolute Gasteiger partial charge is 0.407 e. The lowest BCUT2D eigenvalue weighted by Gasteiger charge is -2.33. The Bertz CT molecular complexity index is 507. The number of amides is 1. The number of rotatable bonds is 1. The molecule has 0 aliphatic carbocycles. The van der Waals surface area contributed by atoms with Crippen molar-refractivity contribution in [2.75, 3.05) is 31.1 Å². The minimum Gasteiger partial charge on any atom is -0.465 e. The summed E-state index contributed by atoms with van der Waals surface area (Å²) in [5.41, 5.74) is 0.244. The van der Waals surface area contributed by atoms with Crippen molar-refractivity contribution >= 4 is 27.8 Å². The highest BCUT2D eigenvalue weighted by molar-refractivity contribution is 9.10. The van der Waals surface area contributed by atoms with E-state index in [-0.39, 0.29) is 5.69 Å². The van der Waals surface area contributed by atoms with Crippen LogP contribution in [0.3, 0.4) is 0 Å². The van der Waals surface area contributed by atoms with Crippen molar-refractivity contribution in [1.82, 2.24) is 14.9 Å². The van der Waals surface area contributed by atoms with Gasteiger partial charge in [-0.05, 0) is 15.9 Å². The Hall–Kier alpha value is -1.88. The Morgan fingerprint density at radius 2 is 2.11 bits per heavy atom. The maximum atomic E-state index is 10.8. The lowest BCUT2D eigenvalue weighted by atomic mass is 10.3. The fourth-order valence-corrected chi connectivity index (χ4v) is 2.06. The number of aromatic nitrogens is 2. The molecule has 1 aromatic heterocycles. The summed E-state index contributed by atoms with van der Waals surface area (Å²) in [5.74, 6) is 0.505. The monoisotopic (exact) mass is 311 g/mol. The maximum Gasteiger partial charge on any atom is 0.407 e. The first kappa shape index (κ1) is 12.6. The van der Waals surface area contributed by atoms with Crippen LogP contribution in [0.15, 0.2) is 10.8 Å². The molecule has 0 spiro atoms. The van der Waals surface area contributed by atoms with E-state index in [9.17, 15) is 4.79 Å². The van der Waals surface area contributed by atoms with Crippen LogP contribution >= 0.6 is 15.9 Å². The fourth-order valence-electron chi connectivity index (χ4n) is 1.78. The molecule has 1 amide bonds. The normalized spacial score (nSPS) is 15.3. The zero-order chi connectivity index (χ0) is 13.1. The number of hydrogen-bond donors (Lipinski definition) is 1. The molecule has 0 radical (unpaired) electrons. The highest BCUT2D eigenvalue weighted by Gasteiger charge is 2.23. The summed E-state index contributed by atoms with van der Waals surface area (Å²) in [5, 5.41) is 17.9. The third-order valence-electron chi connectivity index (χ3n) is 2.68. The van der Waals surface area contributed by atoms with Crippen LogP contribution in [0.2, 0.25) is 0 Å². The second-order valence-electron chi connectivity index (χ2n) is 3.73. The number of carboxylic acid groups (broad SMARTS) is 1. The van der Waals surface area contributed by atoms with E-state index in [4.69, 9.17) is 10.4 Å².